The summed E-state index contributed by atoms with van der Waals surface area (Å²) in [5.74, 6) is -0.515. The monoisotopic (exact) mass is 450 g/mol. The number of esters is 1. The minimum Gasteiger partial charge on any atom is -0.463 e. The van der Waals surface area contributed by atoms with Gasteiger partial charge in [-0.05, 0) is 18.6 Å². The highest BCUT2D eigenvalue weighted by atomic mass is 79.9. The molecule has 1 aromatic carbocycles. The molecule has 0 saturated carbocycles. The van der Waals surface area contributed by atoms with E-state index in [4.69, 9.17) is 16.3 Å². The fourth-order valence-corrected chi connectivity index (χ4v) is 3.10. The van der Waals surface area contributed by atoms with Crippen molar-refractivity contribution in [3.8, 4) is 0 Å². The fourth-order valence-electron chi connectivity index (χ4n) is 2.14. The minimum atomic E-state index is -0.686. The molecule has 8 heteroatoms. The van der Waals surface area contributed by atoms with Crippen molar-refractivity contribution in [2.75, 3.05) is 6.61 Å². The van der Waals surface area contributed by atoms with E-state index in [1.54, 1.807) is 31.2 Å². The van der Waals surface area contributed by atoms with Gasteiger partial charge in [-0.1, -0.05) is 61.7 Å². The third kappa shape index (κ3) is 3.64. The van der Waals surface area contributed by atoms with Crippen molar-refractivity contribution in [2.24, 2.45) is 0 Å². The highest BCUT2D eigenvalue weighted by Crippen LogP contribution is 2.35. The number of alkyl halides is 2. The lowest BCUT2D eigenvalue weighted by Gasteiger charge is -2.30. The number of carbonyl (C=O) groups excluding carboxylic acids is 2. The number of halogens is 3. The van der Waals surface area contributed by atoms with Gasteiger partial charge in [0, 0.05) is 5.02 Å². The lowest BCUT2D eigenvalue weighted by molar-refractivity contribution is -0.139. The largest absolute Gasteiger partial charge is 0.463 e. The highest BCUT2D eigenvalue weighted by Gasteiger charge is 2.36. The van der Waals surface area contributed by atoms with Gasteiger partial charge in [-0.25, -0.2) is 9.59 Å². The van der Waals surface area contributed by atoms with Crippen LogP contribution in [0.3, 0.4) is 0 Å². The second-order valence-corrected chi connectivity index (χ2v) is 7.87. The molecule has 0 aliphatic carbocycles. The van der Waals surface area contributed by atoms with Gasteiger partial charge in [0.25, 0.3) is 0 Å². The predicted octanol–water partition coefficient (Wildman–Crippen LogP) is 3.63. The summed E-state index contributed by atoms with van der Waals surface area (Å²) < 4.78 is 4.71. The first-order valence-corrected chi connectivity index (χ1v) is 8.67. The van der Waals surface area contributed by atoms with E-state index in [-0.39, 0.29) is 6.61 Å². The third-order valence-corrected chi connectivity index (χ3v) is 4.29. The van der Waals surface area contributed by atoms with Gasteiger partial charge in [0.2, 0.25) is 0 Å². The molecule has 1 atom stereocenters. The molecule has 2 amide bonds. The van der Waals surface area contributed by atoms with E-state index in [2.05, 4.69) is 42.5 Å². The van der Waals surface area contributed by atoms with Crippen molar-refractivity contribution in [2.45, 2.75) is 16.7 Å². The molecule has 0 aromatic heterocycles. The molecule has 0 saturated heterocycles. The number of nitrogens with one attached hydrogen (secondary N) is 2. The van der Waals surface area contributed by atoms with E-state index < -0.39 is 21.8 Å². The fraction of sp³-hybridized carbons (Fsp3) is 0.286. The van der Waals surface area contributed by atoms with E-state index in [1.165, 1.54) is 0 Å². The Bertz CT molecular complexity index is 634. The summed E-state index contributed by atoms with van der Waals surface area (Å²) in [6.45, 7) is 1.95. The van der Waals surface area contributed by atoms with Crippen LogP contribution >= 0.6 is 43.5 Å². The van der Waals surface area contributed by atoms with Gasteiger partial charge >= 0.3 is 12.0 Å². The van der Waals surface area contributed by atoms with Crippen molar-refractivity contribution in [3.05, 3.63) is 46.1 Å². The Labute approximate surface area is 149 Å². The lowest BCUT2D eigenvalue weighted by Crippen LogP contribution is -2.47. The van der Waals surface area contributed by atoms with Crippen LogP contribution < -0.4 is 10.6 Å². The quantitative estimate of drug-likeness (QED) is 0.542. The number of ether oxygens (including phenoxy) is 1. The van der Waals surface area contributed by atoms with E-state index in [0.717, 1.165) is 0 Å². The van der Waals surface area contributed by atoms with Crippen LogP contribution in [0.5, 0.6) is 0 Å². The number of allylic oxidation sites excluding steroid dienone is 1. The molecule has 0 unspecified atom stereocenters. The minimum absolute atomic E-state index is 0.230. The van der Waals surface area contributed by atoms with Crippen LogP contribution in [0, 0.1) is 0 Å². The van der Waals surface area contributed by atoms with Gasteiger partial charge in [0.15, 0.2) is 0 Å². The van der Waals surface area contributed by atoms with Gasteiger partial charge in [-0.3, -0.25) is 0 Å². The summed E-state index contributed by atoms with van der Waals surface area (Å²) in [5.41, 5.74) is 1.32. The molecule has 22 heavy (non-hydrogen) atoms. The average Bonchev–Trinajstić information content (AvgIpc) is 2.46. The normalized spacial score (nSPS) is 18.0. The molecular formula is C14H13Br2ClN2O3. The number of hydrogen-bond donors (Lipinski definition) is 2. The van der Waals surface area contributed by atoms with E-state index >= 15 is 0 Å². The number of amides is 2. The third-order valence-electron chi connectivity index (χ3n) is 3.03. The standard InChI is InChI=1S/C14H13Br2ClN2O3/c1-2-22-13(20)9-10(7-5-3-4-6-8(7)17)18-14(21)19-11(9)12(15)16/h3-6,10,12H,2H2,1H3,(H2,18,19,21)/t10-/m1/s1. The van der Waals surface area contributed by atoms with Crippen molar-refractivity contribution < 1.29 is 14.3 Å². The molecule has 0 fully saturated rings. The zero-order chi connectivity index (χ0) is 16.3. The van der Waals surface area contributed by atoms with Crippen LogP contribution in [-0.4, -0.2) is 22.3 Å². The van der Waals surface area contributed by atoms with Gasteiger partial charge in [-0.15, -0.1) is 0 Å². The van der Waals surface area contributed by atoms with Crippen molar-refractivity contribution in [1.29, 1.82) is 0 Å². The molecule has 5 nitrogen and oxygen atoms in total. The maximum absolute atomic E-state index is 12.4. The predicted molar refractivity (Wildman–Crippen MR) is 91.2 cm³/mol. The first kappa shape index (κ1) is 17.3. The van der Waals surface area contributed by atoms with Crippen LogP contribution in [-0.2, 0) is 9.53 Å². The second kappa shape index (κ2) is 7.48. The topological polar surface area (TPSA) is 67.4 Å². The van der Waals surface area contributed by atoms with Gasteiger partial charge < -0.3 is 15.4 Å². The van der Waals surface area contributed by atoms with Crippen LogP contribution in [0.25, 0.3) is 0 Å². The Balaban J connectivity index is 2.58. The Morgan fingerprint density at radius 3 is 2.68 bits per heavy atom. The van der Waals surface area contributed by atoms with Crippen LogP contribution in [0.2, 0.25) is 5.02 Å². The molecule has 0 bridgehead atoms. The maximum atomic E-state index is 12.4. The number of rotatable bonds is 4. The maximum Gasteiger partial charge on any atom is 0.338 e. The lowest BCUT2D eigenvalue weighted by atomic mass is 9.95. The first-order chi connectivity index (χ1) is 10.5. The zero-order valence-electron chi connectivity index (χ0n) is 11.5. The molecule has 1 aromatic rings. The van der Waals surface area contributed by atoms with E-state index in [0.29, 0.717) is 21.9 Å². The summed E-state index contributed by atoms with van der Waals surface area (Å²) in [6.07, 6.45) is 0. The Hall–Kier alpha value is -1.05. The Morgan fingerprint density at radius 2 is 2.09 bits per heavy atom. The molecule has 2 N–H and O–H groups in total. The van der Waals surface area contributed by atoms with Crippen LogP contribution in [0.1, 0.15) is 18.5 Å². The van der Waals surface area contributed by atoms with E-state index in [9.17, 15) is 9.59 Å². The molecule has 0 radical (unpaired) electrons. The summed E-state index contributed by atoms with van der Waals surface area (Å²) in [5, 5.41) is 5.78. The van der Waals surface area contributed by atoms with Gasteiger partial charge in [0.1, 0.15) is 3.74 Å². The summed E-state index contributed by atoms with van der Waals surface area (Å²) in [4.78, 5) is 24.3. The molecule has 118 valence electrons. The zero-order valence-corrected chi connectivity index (χ0v) is 15.5. The Morgan fingerprint density at radius 1 is 1.41 bits per heavy atom. The van der Waals surface area contributed by atoms with Gasteiger partial charge in [-0.2, -0.15) is 0 Å². The molecule has 0 spiro atoms. The molecule has 1 aliphatic heterocycles. The van der Waals surface area contributed by atoms with Crippen LogP contribution in [0.15, 0.2) is 35.5 Å². The van der Waals surface area contributed by atoms with Crippen molar-refractivity contribution in [3.63, 3.8) is 0 Å². The van der Waals surface area contributed by atoms with Crippen LogP contribution in [0.4, 0.5) is 4.79 Å². The second-order valence-electron chi connectivity index (χ2n) is 4.40. The average molecular weight is 453 g/mol. The Kier molecular flexibility index (Phi) is 5.88. The summed E-state index contributed by atoms with van der Waals surface area (Å²) >= 11 is 12.8. The smallest absolute Gasteiger partial charge is 0.338 e. The number of benzene rings is 1. The number of carbonyl (C=O) groups is 2. The highest BCUT2D eigenvalue weighted by molar-refractivity contribution is 9.24. The molecule has 2 rings (SSSR count). The van der Waals surface area contributed by atoms with Gasteiger partial charge in [0.05, 0.1) is 23.9 Å². The summed E-state index contributed by atoms with van der Waals surface area (Å²) in [6, 6.07) is 5.92. The molecule has 1 heterocycles. The number of hydrogen-bond acceptors (Lipinski definition) is 3. The molecule has 1 aliphatic rings. The van der Waals surface area contributed by atoms with Crippen molar-refractivity contribution >= 4 is 55.5 Å². The molecular weight excluding hydrogens is 439 g/mol. The van der Waals surface area contributed by atoms with E-state index in [1.807, 2.05) is 0 Å². The summed E-state index contributed by atoms with van der Waals surface area (Å²) in [7, 11) is 0. The number of urea groups is 1. The van der Waals surface area contributed by atoms with Crippen molar-refractivity contribution in [1.82, 2.24) is 10.6 Å². The SMILES string of the molecule is CCOC(=O)C1=C(C(Br)Br)NC(=O)N[C@@H]1c1ccccc1Cl. The first-order valence-electron chi connectivity index (χ1n) is 6.47.